The second-order valence-corrected chi connectivity index (χ2v) is 0.868. The van der Waals surface area contributed by atoms with Crippen LogP contribution in [0.5, 0.6) is 0 Å². The van der Waals surface area contributed by atoms with Crippen molar-refractivity contribution >= 4 is 14.0 Å². The summed E-state index contributed by atoms with van der Waals surface area (Å²) in [4.78, 5) is 11.7. The molecule has 0 bridgehead atoms. The van der Waals surface area contributed by atoms with Crippen LogP contribution < -0.4 is 0 Å². The third-order valence-electron chi connectivity index (χ3n) is 0.293. The molecule has 0 spiro atoms. The summed E-state index contributed by atoms with van der Waals surface area (Å²) in [6.07, 6.45) is 0. The molecule has 0 rings (SSSR count). The Balaban J connectivity index is 3.13. The van der Waals surface area contributed by atoms with E-state index in [1.807, 2.05) is 11.9 Å². The summed E-state index contributed by atoms with van der Waals surface area (Å²) >= 11 is 0. The number of carboxylic acid groups (broad SMARTS) is 1. The normalized spacial score (nSPS) is 9.57. The van der Waals surface area contributed by atoms with Gasteiger partial charge in [0.05, 0.1) is 6.54 Å². The number of rotatable bonds is 2. The summed E-state index contributed by atoms with van der Waals surface area (Å²) in [5.74, 6) is -0.725. The monoisotopic (exact) mass is 102 g/mol. The minimum atomic E-state index is -0.725. The fourth-order valence-electron chi connectivity index (χ4n) is 0.135. The summed E-state index contributed by atoms with van der Waals surface area (Å²) in [7, 11) is 1.93. The van der Waals surface area contributed by atoms with E-state index < -0.39 is 5.97 Å². The first-order chi connectivity index (χ1) is 3.13. The van der Waals surface area contributed by atoms with E-state index in [-0.39, 0.29) is 14.5 Å². The molecule has 1 N–H and O–H groups in total. The number of carbonyl (C=O) groups is 1. The molecule has 0 saturated heterocycles. The Bertz CT molecular complexity index is 73.3. The van der Waals surface area contributed by atoms with E-state index in [1.165, 1.54) is 0 Å². The zero-order valence-electron chi connectivity index (χ0n) is 3.51. The molecule has 0 fully saturated rings. The van der Waals surface area contributed by atoms with Crippen molar-refractivity contribution in [1.29, 1.82) is 0 Å². The van der Waals surface area contributed by atoms with Crippen molar-refractivity contribution < 1.29 is 9.90 Å². The van der Waals surface area contributed by atoms with Crippen LogP contribution >= 0.6 is 0 Å². The summed E-state index contributed by atoms with van der Waals surface area (Å²) in [6.45, 7) is 0.222. The van der Waals surface area contributed by atoms with E-state index in [4.69, 9.17) is 5.11 Å². The van der Waals surface area contributed by atoms with Crippen molar-refractivity contribution in [3.63, 3.8) is 0 Å². The number of hydrogen-bond donors (Lipinski definition) is 1. The Labute approximate surface area is 43.4 Å². The molecular weight excluding hydrogens is 92.8 g/mol. The zero-order valence-corrected chi connectivity index (χ0v) is 3.51. The van der Waals surface area contributed by atoms with Gasteiger partial charge < -0.3 is 9.92 Å². The molecule has 0 unspecified atom stereocenters. The van der Waals surface area contributed by atoms with E-state index >= 15 is 0 Å². The number of carboxylic acids is 1. The average Bonchev–Trinajstić information content (AvgIpc) is 1.27. The van der Waals surface area contributed by atoms with Gasteiger partial charge in [-0.2, -0.15) is 0 Å². The van der Waals surface area contributed by atoms with Crippen molar-refractivity contribution in [3.05, 3.63) is 0 Å². The molecule has 0 aliphatic heterocycles. The Morgan fingerprint density at radius 1 is 2.00 bits per heavy atom. The quantitative estimate of drug-likeness (QED) is 0.421. The molecule has 0 atom stereocenters. The van der Waals surface area contributed by atoms with Gasteiger partial charge in [0.15, 0.2) is 0 Å². The average molecular weight is 102 g/mol. The van der Waals surface area contributed by atoms with Crippen LogP contribution in [0.25, 0.3) is 0 Å². The van der Waals surface area contributed by atoms with Gasteiger partial charge in [0.25, 0.3) is 0 Å². The highest BCUT2D eigenvalue weighted by Crippen LogP contribution is 1.68. The molecule has 42 valence electrons. The number of hydrogen-bond acceptors (Lipinski definition) is 2. The zero-order chi connectivity index (χ0) is 5.86. The molecule has 0 aliphatic carbocycles. The standard InChI is InChI=1S/C3H9BNO2/c1-5(4)2-3(6)7/h2H2,1,4H3,(H,6,7)/q-1. The molecular formula is C3H9BNO2-. The lowest BCUT2D eigenvalue weighted by Gasteiger charge is -2.10. The molecule has 0 radical (unpaired) electrons. The third kappa shape index (κ3) is 5.49. The highest BCUT2D eigenvalue weighted by atomic mass is 16.4. The summed E-state index contributed by atoms with van der Waals surface area (Å²) < 4.78 is 0. The molecule has 0 heterocycles. The smallest absolute Gasteiger partial charge is 0.314 e. The van der Waals surface area contributed by atoms with Crippen LogP contribution in [0.1, 0.15) is 0 Å². The first-order valence-corrected chi connectivity index (χ1v) is 1.54. The van der Waals surface area contributed by atoms with Crippen molar-refractivity contribution in [2.45, 2.75) is 0 Å². The van der Waals surface area contributed by atoms with Gasteiger partial charge in [0.2, 0.25) is 0 Å². The molecule has 0 aromatic rings. The molecule has 0 amide bonds. The van der Waals surface area contributed by atoms with Crippen LogP contribution in [-0.2, 0) is 4.79 Å². The van der Waals surface area contributed by atoms with Gasteiger partial charge in [-0.15, -0.1) is 0 Å². The number of aliphatic carboxylic acids is 1. The minimum absolute atomic E-state index is 0.102. The SMILES string of the molecule is [BH3-]N(C)CC(=O)O. The second kappa shape index (κ2) is 2.63. The van der Waals surface area contributed by atoms with Gasteiger partial charge in [-0.3, -0.25) is 4.79 Å². The Morgan fingerprint density at radius 2 is 2.43 bits per heavy atom. The van der Waals surface area contributed by atoms with Gasteiger partial charge >= 0.3 is 5.97 Å². The van der Waals surface area contributed by atoms with Gasteiger partial charge in [-0.1, -0.05) is 7.05 Å². The van der Waals surface area contributed by atoms with Crippen LogP contribution in [-0.4, -0.2) is 37.5 Å². The van der Waals surface area contributed by atoms with Gasteiger partial charge in [0.1, 0.15) is 0 Å². The Morgan fingerprint density at radius 3 is 2.43 bits per heavy atom. The van der Waals surface area contributed by atoms with E-state index in [9.17, 15) is 4.79 Å². The summed E-state index contributed by atoms with van der Waals surface area (Å²) in [6, 6.07) is 0. The third-order valence-corrected chi connectivity index (χ3v) is 0.293. The molecule has 0 saturated carbocycles. The largest absolute Gasteiger partial charge is 0.480 e. The van der Waals surface area contributed by atoms with Crippen molar-refractivity contribution in [3.8, 4) is 0 Å². The maximum absolute atomic E-state index is 9.81. The first-order valence-electron chi connectivity index (χ1n) is 1.54. The molecule has 0 aromatic carbocycles. The van der Waals surface area contributed by atoms with Crippen molar-refractivity contribution in [2.24, 2.45) is 0 Å². The first kappa shape index (κ1) is 6.49. The maximum atomic E-state index is 9.81. The number of likely N-dealkylation sites (N-methyl/N-ethyl adjacent to an activating group) is 1. The fraction of sp³-hybridized carbons (Fsp3) is 0.667. The van der Waals surface area contributed by atoms with Crippen LogP contribution in [0.3, 0.4) is 0 Å². The van der Waals surface area contributed by atoms with E-state index in [0.717, 1.165) is 0 Å². The molecule has 0 aromatic heterocycles. The van der Waals surface area contributed by atoms with E-state index in [0.29, 0.717) is 0 Å². The lowest BCUT2D eigenvalue weighted by atomic mass is 10.3. The van der Waals surface area contributed by atoms with E-state index in [1.54, 1.807) is 0 Å². The topological polar surface area (TPSA) is 40.5 Å². The lowest BCUT2D eigenvalue weighted by Crippen LogP contribution is -2.22. The molecule has 3 nitrogen and oxygen atoms in total. The highest BCUT2D eigenvalue weighted by molar-refractivity contribution is 6.05. The van der Waals surface area contributed by atoms with Crippen molar-refractivity contribution in [1.82, 2.24) is 4.81 Å². The predicted octanol–water partition coefficient (Wildman–Crippen LogP) is -1.72. The predicted molar refractivity (Wildman–Crippen MR) is 30.2 cm³/mol. The summed E-state index contributed by atoms with van der Waals surface area (Å²) in [5.41, 5.74) is 0. The highest BCUT2D eigenvalue weighted by Gasteiger charge is 1.90. The Hall–Kier alpha value is -0.505. The van der Waals surface area contributed by atoms with Gasteiger partial charge in [-0.25, -0.2) is 0 Å². The molecule has 4 heteroatoms. The minimum Gasteiger partial charge on any atom is -0.480 e. The second-order valence-electron chi connectivity index (χ2n) is 0.868. The fourth-order valence-corrected chi connectivity index (χ4v) is 0.135. The van der Waals surface area contributed by atoms with Gasteiger partial charge in [0, 0.05) is 7.98 Å². The van der Waals surface area contributed by atoms with Crippen LogP contribution in [0.4, 0.5) is 0 Å². The number of nitrogens with zero attached hydrogens (tertiary/aromatic N) is 1. The summed E-state index contributed by atoms with van der Waals surface area (Å²) in [5, 5.41) is 8.08. The van der Waals surface area contributed by atoms with Crippen LogP contribution in [0, 0.1) is 0 Å². The lowest BCUT2D eigenvalue weighted by molar-refractivity contribution is -0.136. The van der Waals surface area contributed by atoms with Crippen LogP contribution in [0.15, 0.2) is 0 Å². The van der Waals surface area contributed by atoms with Crippen LogP contribution in [0.2, 0.25) is 0 Å². The Kier molecular flexibility index (Phi) is 2.44. The maximum Gasteiger partial charge on any atom is 0.314 e. The van der Waals surface area contributed by atoms with E-state index in [2.05, 4.69) is 0 Å². The molecule has 7 heavy (non-hydrogen) atoms. The molecule has 0 aliphatic rings. The van der Waals surface area contributed by atoms with Gasteiger partial charge in [-0.05, 0) is 0 Å². The van der Waals surface area contributed by atoms with Crippen molar-refractivity contribution in [2.75, 3.05) is 13.6 Å².